The number of ether oxygens (including phenoxy) is 3. The number of esters is 1. The molecule has 2 aromatic rings. The number of nitrogens with one attached hydrogen (secondary N) is 1. The summed E-state index contributed by atoms with van der Waals surface area (Å²) in [6, 6.07) is 11.8. The molecule has 1 N–H and O–H groups in total. The van der Waals surface area contributed by atoms with Crippen molar-refractivity contribution in [2.24, 2.45) is 5.10 Å². The lowest BCUT2D eigenvalue weighted by atomic mass is 10.0. The Hall–Kier alpha value is -3.35. The maximum absolute atomic E-state index is 12.5. The molecular formula is C33H48N2O5. The number of carbonyl (C=O) groups excluding carboxylic acids is 2. The lowest BCUT2D eigenvalue weighted by molar-refractivity contribution is -0.121. The van der Waals surface area contributed by atoms with E-state index in [9.17, 15) is 9.59 Å². The maximum atomic E-state index is 12.5. The van der Waals surface area contributed by atoms with Crippen LogP contribution in [0.2, 0.25) is 0 Å². The highest BCUT2D eigenvalue weighted by molar-refractivity contribution is 5.91. The van der Waals surface area contributed by atoms with Crippen molar-refractivity contribution in [2.45, 2.75) is 104 Å². The number of hydrogen-bond acceptors (Lipinski definition) is 6. The molecule has 2 rings (SSSR count). The molecule has 0 aliphatic heterocycles. The van der Waals surface area contributed by atoms with Crippen LogP contribution in [0.25, 0.3) is 0 Å². The fourth-order valence-corrected chi connectivity index (χ4v) is 4.40. The number of unbranched alkanes of at least 4 members (excludes halogenated alkanes) is 12. The van der Waals surface area contributed by atoms with E-state index in [2.05, 4.69) is 17.5 Å². The van der Waals surface area contributed by atoms with E-state index >= 15 is 0 Å². The SMILES string of the molecule is CCCCCCCCCCCCCCCC(=O)NN=Cc1ccc(OC(=O)c2ccc(OCC)cc2)c(OC)c1. The van der Waals surface area contributed by atoms with Crippen LogP contribution < -0.4 is 19.6 Å². The molecule has 7 heteroatoms. The van der Waals surface area contributed by atoms with Crippen molar-refractivity contribution in [1.29, 1.82) is 0 Å². The summed E-state index contributed by atoms with van der Waals surface area (Å²) in [5.74, 6) is 0.790. The number of amides is 1. The van der Waals surface area contributed by atoms with Gasteiger partial charge in [0.25, 0.3) is 0 Å². The highest BCUT2D eigenvalue weighted by atomic mass is 16.6. The van der Waals surface area contributed by atoms with Crippen LogP contribution in [0.3, 0.4) is 0 Å². The molecule has 0 saturated carbocycles. The normalized spacial score (nSPS) is 11.0. The zero-order chi connectivity index (χ0) is 28.8. The quantitative estimate of drug-likeness (QED) is 0.0554. The molecule has 0 fully saturated rings. The number of hydrazone groups is 1. The zero-order valence-corrected chi connectivity index (χ0v) is 24.7. The second-order valence-electron chi connectivity index (χ2n) is 10.0. The first kappa shape index (κ1) is 32.9. The molecule has 220 valence electrons. The fourth-order valence-electron chi connectivity index (χ4n) is 4.40. The summed E-state index contributed by atoms with van der Waals surface area (Å²) in [6.45, 7) is 4.71. The highest BCUT2D eigenvalue weighted by Crippen LogP contribution is 2.28. The zero-order valence-electron chi connectivity index (χ0n) is 24.7. The minimum Gasteiger partial charge on any atom is -0.494 e. The van der Waals surface area contributed by atoms with Crippen molar-refractivity contribution < 1.29 is 23.8 Å². The topological polar surface area (TPSA) is 86.2 Å². The molecule has 1 amide bonds. The highest BCUT2D eigenvalue weighted by Gasteiger charge is 2.13. The van der Waals surface area contributed by atoms with Gasteiger partial charge in [-0.15, -0.1) is 0 Å². The Morgan fingerprint density at radius 2 is 1.38 bits per heavy atom. The molecular weight excluding hydrogens is 504 g/mol. The summed E-state index contributed by atoms with van der Waals surface area (Å²) in [5, 5.41) is 4.06. The minimum absolute atomic E-state index is 0.0906. The van der Waals surface area contributed by atoms with E-state index in [1.807, 2.05) is 6.92 Å². The molecule has 2 aromatic carbocycles. The van der Waals surface area contributed by atoms with Crippen LogP contribution in [-0.2, 0) is 4.79 Å². The monoisotopic (exact) mass is 552 g/mol. The first-order valence-electron chi connectivity index (χ1n) is 15.0. The Morgan fingerprint density at radius 3 is 1.95 bits per heavy atom. The van der Waals surface area contributed by atoms with Crippen LogP contribution in [-0.4, -0.2) is 31.8 Å². The van der Waals surface area contributed by atoms with Crippen LogP contribution in [0.5, 0.6) is 17.2 Å². The van der Waals surface area contributed by atoms with E-state index in [4.69, 9.17) is 14.2 Å². The number of nitrogens with zero attached hydrogens (tertiary/aromatic N) is 1. The molecule has 0 atom stereocenters. The van der Waals surface area contributed by atoms with Gasteiger partial charge in [0.2, 0.25) is 5.91 Å². The Balaban J connectivity index is 1.63. The second kappa shape index (κ2) is 20.5. The van der Waals surface area contributed by atoms with E-state index < -0.39 is 5.97 Å². The van der Waals surface area contributed by atoms with Crippen LogP contribution >= 0.6 is 0 Å². The number of hydrogen-bond donors (Lipinski definition) is 1. The molecule has 0 unspecified atom stereocenters. The Kier molecular flexibility index (Phi) is 16.9. The van der Waals surface area contributed by atoms with E-state index in [1.54, 1.807) is 48.7 Å². The van der Waals surface area contributed by atoms with Crippen LogP contribution in [0.1, 0.15) is 120 Å². The van der Waals surface area contributed by atoms with Crippen LogP contribution in [0, 0.1) is 0 Å². The molecule has 0 aliphatic rings. The summed E-state index contributed by atoms with van der Waals surface area (Å²) < 4.78 is 16.3. The molecule has 0 heterocycles. The molecule has 40 heavy (non-hydrogen) atoms. The van der Waals surface area contributed by atoms with Crippen molar-refractivity contribution >= 4 is 18.1 Å². The van der Waals surface area contributed by atoms with Crippen molar-refractivity contribution in [2.75, 3.05) is 13.7 Å². The van der Waals surface area contributed by atoms with Gasteiger partial charge in [0.15, 0.2) is 11.5 Å². The summed E-state index contributed by atoms with van der Waals surface area (Å²) in [4.78, 5) is 24.6. The summed E-state index contributed by atoms with van der Waals surface area (Å²) in [5.41, 5.74) is 3.70. The number of methoxy groups -OCH3 is 1. The summed E-state index contributed by atoms with van der Waals surface area (Å²) in [6.07, 6.45) is 18.6. The van der Waals surface area contributed by atoms with Gasteiger partial charge in [0, 0.05) is 6.42 Å². The lowest BCUT2D eigenvalue weighted by Crippen LogP contribution is -2.16. The predicted molar refractivity (Wildman–Crippen MR) is 162 cm³/mol. The molecule has 0 aromatic heterocycles. The average Bonchev–Trinajstić information content (AvgIpc) is 2.96. The van der Waals surface area contributed by atoms with Crippen LogP contribution in [0.15, 0.2) is 47.6 Å². The lowest BCUT2D eigenvalue weighted by Gasteiger charge is -2.10. The van der Waals surface area contributed by atoms with Gasteiger partial charge < -0.3 is 14.2 Å². The summed E-state index contributed by atoms with van der Waals surface area (Å²) in [7, 11) is 1.50. The standard InChI is InChI=1S/C33H48N2O5/c1-4-6-7-8-9-10-11-12-13-14-15-16-17-18-32(36)35-34-26-27-19-24-30(31(25-27)38-3)40-33(37)28-20-22-29(23-21-28)39-5-2/h19-26H,4-18H2,1-3H3,(H,35,36). The fraction of sp³-hybridized carbons (Fsp3) is 0.545. The van der Waals surface area contributed by atoms with Gasteiger partial charge in [0.1, 0.15) is 5.75 Å². The second-order valence-corrected chi connectivity index (χ2v) is 10.0. The van der Waals surface area contributed by atoms with Gasteiger partial charge in [-0.1, -0.05) is 84.0 Å². The van der Waals surface area contributed by atoms with Crippen LogP contribution in [0.4, 0.5) is 0 Å². The van der Waals surface area contributed by atoms with Gasteiger partial charge in [-0.2, -0.15) is 5.10 Å². The van der Waals surface area contributed by atoms with Crippen molar-refractivity contribution in [3.05, 3.63) is 53.6 Å². The first-order valence-corrected chi connectivity index (χ1v) is 15.0. The van der Waals surface area contributed by atoms with E-state index in [0.717, 1.165) is 12.8 Å². The number of rotatable bonds is 21. The predicted octanol–water partition coefficient (Wildman–Crippen LogP) is 8.24. The van der Waals surface area contributed by atoms with Crippen molar-refractivity contribution in [3.8, 4) is 17.2 Å². The van der Waals surface area contributed by atoms with Gasteiger partial charge >= 0.3 is 5.97 Å². The largest absolute Gasteiger partial charge is 0.494 e. The van der Waals surface area contributed by atoms with Gasteiger partial charge in [-0.05, 0) is 61.4 Å². The molecule has 0 bridgehead atoms. The molecule has 0 aliphatic carbocycles. The van der Waals surface area contributed by atoms with E-state index in [-0.39, 0.29) is 5.91 Å². The molecule has 0 spiro atoms. The van der Waals surface area contributed by atoms with Gasteiger partial charge in [-0.25, -0.2) is 10.2 Å². The minimum atomic E-state index is -0.497. The molecule has 7 nitrogen and oxygen atoms in total. The number of carbonyl (C=O) groups is 2. The summed E-state index contributed by atoms with van der Waals surface area (Å²) >= 11 is 0. The third-order valence-electron chi connectivity index (χ3n) is 6.70. The average molecular weight is 553 g/mol. The number of benzene rings is 2. The Morgan fingerprint density at radius 1 is 0.775 bits per heavy atom. The van der Waals surface area contributed by atoms with Crippen molar-refractivity contribution in [3.63, 3.8) is 0 Å². The Bertz CT molecular complexity index is 1020. The smallest absolute Gasteiger partial charge is 0.343 e. The van der Waals surface area contributed by atoms with Gasteiger partial charge in [0.05, 0.1) is 25.5 Å². The third-order valence-corrected chi connectivity index (χ3v) is 6.70. The van der Waals surface area contributed by atoms with Crippen molar-refractivity contribution in [1.82, 2.24) is 5.43 Å². The third kappa shape index (κ3) is 13.6. The Labute approximate surface area is 240 Å². The molecule has 0 saturated heterocycles. The van der Waals surface area contributed by atoms with Gasteiger partial charge in [-0.3, -0.25) is 4.79 Å². The van der Waals surface area contributed by atoms with E-state index in [0.29, 0.717) is 41.4 Å². The first-order chi connectivity index (χ1) is 19.6. The maximum Gasteiger partial charge on any atom is 0.343 e. The molecule has 0 radical (unpaired) electrons. The van der Waals surface area contributed by atoms with E-state index in [1.165, 1.54) is 77.7 Å².